The lowest BCUT2D eigenvalue weighted by Gasteiger charge is -2.26. The number of amides is 2. The molecule has 0 radical (unpaired) electrons. The number of aryl methyl sites for hydroxylation is 1. The van der Waals surface area contributed by atoms with Gasteiger partial charge in [0.2, 0.25) is 0 Å². The molecule has 0 aliphatic carbocycles. The molecule has 0 spiro atoms. The summed E-state index contributed by atoms with van der Waals surface area (Å²) in [5.41, 5.74) is 1.57. The molecule has 0 saturated carbocycles. The molecule has 2 N–H and O–H groups in total. The van der Waals surface area contributed by atoms with Gasteiger partial charge in [-0.1, -0.05) is 17.7 Å². The van der Waals surface area contributed by atoms with Crippen molar-refractivity contribution in [3.05, 3.63) is 29.8 Å². The zero-order valence-electron chi connectivity index (χ0n) is 12.4. The number of carbonyl (C=O) groups is 3. The quantitative estimate of drug-likeness (QED) is 0.808. The van der Waals surface area contributed by atoms with Gasteiger partial charge in [0.05, 0.1) is 6.42 Å². The van der Waals surface area contributed by atoms with Crippen molar-refractivity contribution in [1.29, 1.82) is 0 Å². The van der Waals surface area contributed by atoms with E-state index >= 15 is 0 Å². The van der Waals surface area contributed by atoms with Gasteiger partial charge < -0.3 is 15.3 Å². The number of carboxylic acids is 1. The third-order valence-corrected chi connectivity index (χ3v) is 3.11. The smallest absolute Gasteiger partial charge is 0.313 e. The molecule has 114 valence electrons. The zero-order valence-corrected chi connectivity index (χ0v) is 12.4. The number of benzene rings is 1. The second kappa shape index (κ2) is 7.42. The monoisotopic (exact) mass is 292 g/mol. The number of likely N-dealkylation sites (N-methyl/N-ethyl adjacent to an activating group) is 1. The molecule has 1 unspecified atom stereocenters. The van der Waals surface area contributed by atoms with Crippen LogP contribution in [0.1, 0.15) is 25.8 Å². The molecule has 21 heavy (non-hydrogen) atoms. The molecule has 0 bridgehead atoms. The van der Waals surface area contributed by atoms with Crippen LogP contribution < -0.4 is 5.32 Å². The molecule has 2 amide bonds. The number of aliphatic carboxylic acids is 1. The minimum absolute atomic E-state index is 0.197. The fourth-order valence-electron chi connectivity index (χ4n) is 1.97. The van der Waals surface area contributed by atoms with Crippen molar-refractivity contribution in [3.8, 4) is 0 Å². The Labute approximate surface area is 123 Å². The second-order valence-electron chi connectivity index (χ2n) is 4.86. The highest BCUT2D eigenvalue weighted by Crippen LogP contribution is 2.10. The predicted octanol–water partition coefficient (Wildman–Crippen LogP) is 1.65. The van der Waals surface area contributed by atoms with Gasteiger partial charge in [-0.25, -0.2) is 0 Å². The third-order valence-electron chi connectivity index (χ3n) is 3.11. The summed E-state index contributed by atoms with van der Waals surface area (Å²) in [6, 6.07) is 6.52. The third kappa shape index (κ3) is 4.91. The molecular formula is C15H20N2O4. The summed E-state index contributed by atoms with van der Waals surface area (Å²) in [7, 11) is 0. The van der Waals surface area contributed by atoms with Crippen LogP contribution in [0.15, 0.2) is 24.3 Å². The highest BCUT2D eigenvalue weighted by molar-refractivity contribution is 6.39. The molecule has 1 rings (SSSR count). The maximum atomic E-state index is 12.1. The van der Waals surface area contributed by atoms with Gasteiger partial charge >= 0.3 is 17.8 Å². The fraction of sp³-hybridized carbons (Fsp3) is 0.400. The largest absolute Gasteiger partial charge is 0.481 e. The molecule has 0 fully saturated rings. The first-order valence-electron chi connectivity index (χ1n) is 6.75. The van der Waals surface area contributed by atoms with E-state index < -0.39 is 23.8 Å². The van der Waals surface area contributed by atoms with E-state index in [-0.39, 0.29) is 13.0 Å². The van der Waals surface area contributed by atoms with Crippen LogP contribution in [0.2, 0.25) is 0 Å². The summed E-state index contributed by atoms with van der Waals surface area (Å²) in [5, 5.41) is 11.3. The summed E-state index contributed by atoms with van der Waals surface area (Å²) in [6.07, 6.45) is -0.197. The Morgan fingerprint density at radius 1 is 1.24 bits per heavy atom. The molecule has 1 aromatic carbocycles. The molecule has 0 aliphatic heterocycles. The SMILES string of the molecule is CCN(C(=O)C(=O)Nc1ccc(C)cc1)C(C)CC(=O)O. The van der Waals surface area contributed by atoms with E-state index in [0.717, 1.165) is 5.56 Å². The van der Waals surface area contributed by atoms with Gasteiger partial charge in [-0.05, 0) is 32.9 Å². The van der Waals surface area contributed by atoms with E-state index in [2.05, 4.69) is 5.32 Å². The Kier molecular flexibility index (Phi) is 5.90. The minimum Gasteiger partial charge on any atom is -0.481 e. The number of anilines is 1. The van der Waals surface area contributed by atoms with Crippen LogP contribution in [0.3, 0.4) is 0 Å². The number of hydrogen-bond acceptors (Lipinski definition) is 3. The van der Waals surface area contributed by atoms with E-state index in [0.29, 0.717) is 5.69 Å². The molecule has 0 heterocycles. The van der Waals surface area contributed by atoms with Crippen LogP contribution in [-0.2, 0) is 14.4 Å². The lowest BCUT2D eigenvalue weighted by molar-refractivity contribution is -0.146. The van der Waals surface area contributed by atoms with Crippen molar-refractivity contribution in [1.82, 2.24) is 4.90 Å². The number of nitrogens with one attached hydrogen (secondary N) is 1. The standard InChI is InChI=1S/C15H20N2O4/c1-4-17(11(3)9-13(18)19)15(21)14(20)16-12-7-5-10(2)6-8-12/h5-8,11H,4,9H2,1-3H3,(H,16,20)(H,18,19). The average Bonchev–Trinajstić information content (AvgIpc) is 2.41. The first-order chi connectivity index (χ1) is 9.85. The molecule has 0 aliphatic rings. The van der Waals surface area contributed by atoms with Crippen LogP contribution >= 0.6 is 0 Å². The Hall–Kier alpha value is -2.37. The van der Waals surface area contributed by atoms with Crippen molar-refractivity contribution in [2.45, 2.75) is 33.2 Å². The number of nitrogens with zero attached hydrogens (tertiary/aromatic N) is 1. The second-order valence-corrected chi connectivity index (χ2v) is 4.86. The summed E-state index contributed by atoms with van der Waals surface area (Å²) in [4.78, 5) is 36.0. The molecule has 0 aromatic heterocycles. The summed E-state index contributed by atoms with van der Waals surface area (Å²) >= 11 is 0. The van der Waals surface area contributed by atoms with Gasteiger partial charge in [0.25, 0.3) is 0 Å². The van der Waals surface area contributed by atoms with Crippen molar-refractivity contribution < 1.29 is 19.5 Å². The van der Waals surface area contributed by atoms with E-state index in [1.165, 1.54) is 4.90 Å². The van der Waals surface area contributed by atoms with Gasteiger partial charge in [-0.15, -0.1) is 0 Å². The Morgan fingerprint density at radius 2 is 1.81 bits per heavy atom. The van der Waals surface area contributed by atoms with Crippen molar-refractivity contribution in [2.24, 2.45) is 0 Å². The maximum absolute atomic E-state index is 12.1. The van der Waals surface area contributed by atoms with Crippen molar-refractivity contribution in [3.63, 3.8) is 0 Å². The molecule has 6 heteroatoms. The maximum Gasteiger partial charge on any atom is 0.313 e. The average molecular weight is 292 g/mol. The highest BCUT2D eigenvalue weighted by Gasteiger charge is 2.26. The molecule has 1 aromatic rings. The summed E-state index contributed by atoms with van der Waals surface area (Å²) in [6.45, 7) is 5.50. The van der Waals surface area contributed by atoms with Gasteiger partial charge in [0.15, 0.2) is 0 Å². The molecule has 6 nitrogen and oxygen atoms in total. The van der Waals surface area contributed by atoms with Crippen LogP contribution in [0.5, 0.6) is 0 Å². The predicted molar refractivity (Wildman–Crippen MR) is 78.9 cm³/mol. The number of carbonyl (C=O) groups excluding carboxylic acids is 2. The Morgan fingerprint density at radius 3 is 2.29 bits per heavy atom. The van der Waals surface area contributed by atoms with Crippen molar-refractivity contribution >= 4 is 23.5 Å². The summed E-state index contributed by atoms with van der Waals surface area (Å²) < 4.78 is 0. The molecular weight excluding hydrogens is 272 g/mol. The van der Waals surface area contributed by atoms with Gasteiger partial charge in [0.1, 0.15) is 0 Å². The van der Waals surface area contributed by atoms with Crippen molar-refractivity contribution in [2.75, 3.05) is 11.9 Å². The zero-order chi connectivity index (χ0) is 16.0. The van der Waals surface area contributed by atoms with Crippen LogP contribution in [-0.4, -0.2) is 40.4 Å². The molecule has 0 saturated heterocycles. The van der Waals surface area contributed by atoms with Crippen LogP contribution in [0.4, 0.5) is 5.69 Å². The van der Waals surface area contributed by atoms with E-state index in [1.807, 2.05) is 19.1 Å². The van der Waals surface area contributed by atoms with Crippen LogP contribution in [0.25, 0.3) is 0 Å². The Bertz CT molecular complexity index is 525. The first-order valence-corrected chi connectivity index (χ1v) is 6.75. The molecule has 1 atom stereocenters. The van der Waals surface area contributed by atoms with Gasteiger partial charge in [-0.2, -0.15) is 0 Å². The number of rotatable bonds is 5. The van der Waals surface area contributed by atoms with Gasteiger partial charge in [0, 0.05) is 18.3 Å². The number of hydrogen-bond donors (Lipinski definition) is 2. The minimum atomic E-state index is -1.01. The van der Waals surface area contributed by atoms with E-state index in [1.54, 1.807) is 26.0 Å². The normalized spacial score (nSPS) is 11.6. The Balaban J connectivity index is 2.73. The summed E-state index contributed by atoms with van der Waals surface area (Å²) in [5.74, 6) is -2.50. The van der Waals surface area contributed by atoms with E-state index in [9.17, 15) is 14.4 Å². The topological polar surface area (TPSA) is 86.7 Å². The highest BCUT2D eigenvalue weighted by atomic mass is 16.4. The van der Waals surface area contributed by atoms with Gasteiger partial charge in [-0.3, -0.25) is 14.4 Å². The lowest BCUT2D eigenvalue weighted by atomic mass is 10.2. The number of carboxylic acid groups (broad SMARTS) is 1. The lowest BCUT2D eigenvalue weighted by Crippen LogP contribution is -2.45. The fourth-order valence-corrected chi connectivity index (χ4v) is 1.97. The first kappa shape index (κ1) is 16.7. The van der Waals surface area contributed by atoms with Crippen LogP contribution in [0, 0.1) is 6.92 Å². The van der Waals surface area contributed by atoms with E-state index in [4.69, 9.17) is 5.11 Å².